The molecule has 1 aliphatic heterocycles. The van der Waals surface area contributed by atoms with Gasteiger partial charge >= 0.3 is 6.03 Å². The van der Waals surface area contributed by atoms with E-state index in [4.69, 9.17) is 0 Å². The highest BCUT2D eigenvalue weighted by Crippen LogP contribution is 2.29. The van der Waals surface area contributed by atoms with Crippen LogP contribution in [0.3, 0.4) is 0 Å². The van der Waals surface area contributed by atoms with E-state index < -0.39 is 102 Å². The van der Waals surface area contributed by atoms with E-state index in [1.54, 1.807) is 102 Å². The second-order valence-electron chi connectivity index (χ2n) is 18.9. The SMILES string of the molecule is CCC[C@H](NC(=O)[C@@H]1CN(C(=O)Nc2ccccc2)C[C@@H]1NC(=O)[C@@H](NC(=O)[C@@H](NC(=O)c1cnccn1)C1CCCCC1)C(C)(C)C)C(O)C(=O)NCC(=O)N[C@H](C(=O)N(C)C)c1ccccc1. The normalized spacial score (nSPS) is 18.2. The fourth-order valence-electron chi connectivity index (χ4n) is 8.54. The lowest BCUT2D eigenvalue weighted by atomic mass is 9.82. The molecule has 20 nitrogen and oxygen atoms in total. The third-order valence-corrected chi connectivity index (χ3v) is 12.3. The first-order valence-corrected chi connectivity index (χ1v) is 23.5. The maximum absolute atomic E-state index is 14.5. The number of carbonyl (C=O) groups excluding carboxylic acids is 8. The highest BCUT2D eigenvalue weighted by molar-refractivity contribution is 5.98. The summed E-state index contributed by atoms with van der Waals surface area (Å²) >= 11 is 0. The number of rotatable bonds is 19. The van der Waals surface area contributed by atoms with Crippen LogP contribution in [0.25, 0.3) is 0 Å². The van der Waals surface area contributed by atoms with Gasteiger partial charge in [-0.1, -0.05) is 102 Å². The predicted molar refractivity (Wildman–Crippen MR) is 256 cm³/mol. The van der Waals surface area contributed by atoms with Crippen molar-refractivity contribution in [2.75, 3.05) is 39.0 Å². The Bertz CT molecular complexity index is 2240. The average molecular weight is 954 g/mol. The van der Waals surface area contributed by atoms with Gasteiger partial charge in [-0.15, -0.1) is 0 Å². The molecule has 0 radical (unpaired) electrons. The maximum atomic E-state index is 14.5. The summed E-state index contributed by atoms with van der Waals surface area (Å²) in [6.07, 6.45) is 6.94. The van der Waals surface area contributed by atoms with E-state index in [0.717, 1.165) is 19.3 Å². The van der Waals surface area contributed by atoms with Crippen molar-refractivity contribution in [2.24, 2.45) is 17.3 Å². The Balaban J connectivity index is 1.32. The molecule has 2 heterocycles. The van der Waals surface area contributed by atoms with Crippen molar-refractivity contribution in [1.82, 2.24) is 51.7 Å². The van der Waals surface area contributed by atoms with Crippen molar-refractivity contribution in [3.63, 3.8) is 0 Å². The largest absolute Gasteiger partial charge is 0.381 e. The number of likely N-dealkylation sites (N-methyl/N-ethyl adjacent to an activating group) is 1. The van der Waals surface area contributed by atoms with Crippen LogP contribution in [-0.4, -0.2) is 136 Å². The summed E-state index contributed by atoms with van der Waals surface area (Å²) < 4.78 is 0. The van der Waals surface area contributed by atoms with Gasteiger partial charge < -0.3 is 52.1 Å². The number of aromatic nitrogens is 2. The Morgan fingerprint density at radius 3 is 2.09 bits per heavy atom. The van der Waals surface area contributed by atoms with E-state index in [-0.39, 0.29) is 31.1 Å². The molecule has 1 unspecified atom stereocenters. The van der Waals surface area contributed by atoms with Gasteiger partial charge in [0.15, 0.2) is 6.10 Å². The highest BCUT2D eigenvalue weighted by Gasteiger charge is 2.45. The number of aliphatic hydroxyl groups excluding tert-OH is 1. The highest BCUT2D eigenvalue weighted by atomic mass is 16.3. The average Bonchev–Trinajstić information content (AvgIpc) is 3.77. The van der Waals surface area contributed by atoms with Crippen LogP contribution in [0, 0.1) is 17.3 Å². The molecule has 1 saturated carbocycles. The maximum Gasteiger partial charge on any atom is 0.321 e. The molecule has 3 aromatic rings. The number of para-hydroxylation sites is 1. The molecule has 0 spiro atoms. The molecule has 5 rings (SSSR count). The molecule has 372 valence electrons. The van der Waals surface area contributed by atoms with Gasteiger partial charge in [-0.3, -0.25) is 38.5 Å². The van der Waals surface area contributed by atoms with Crippen LogP contribution in [0.15, 0.2) is 79.3 Å². The minimum absolute atomic E-state index is 0.0338. The molecule has 2 aliphatic rings. The van der Waals surface area contributed by atoms with Gasteiger partial charge in [0.05, 0.1) is 30.7 Å². The van der Waals surface area contributed by atoms with E-state index in [1.807, 2.05) is 0 Å². The first kappa shape index (κ1) is 53.0. The quantitative estimate of drug-likeness (QED) is 0.0862. The molecule has 1 saturated heterocycles. The molecule has 8 N–H and O–H groups in total. The second-order valence-corrected chi connectivity index (χ2v) is 18.9. The van der Waals surface area contributed by atoms with E-state index in [2.05, 4.69) is 47.2 Å². The summed E-state index contributed by atoms with van der Waals surface area (Å²) in [4.78, 5) is 120. The molecule has 9 amide bonds. The molecule has 2 fully saturated rings. The Kier molecular flexibility index (Phi) is 19.1. The standard InChI is InChI=1S/C49H67N11O9/c1-7-17-34(40(62)45(66)52-27-37(61)56-39(47(68)59(5)6)31-20-13-9-14-21-31)54-42(63)33-28-60(48(69)53-32-22-15-10-16-23-32)29-36(33)55-46(67)41(49(2,3)4)58-44(65)38(30-18-11-8-12-19-30)57-43(64)35-26-50-24-25-51-35/h9-10,13-16,20-26,30,33-34,36,38-41,62H,7-8,11-12,17-19,27-29H2,1-6H3,(H,52,66)(H,53,69)(H,54,63)(H,55,67)(H,56,61)(H,57,64)(H,58,65)/t33-,34+,36+,38+,39+,40?,41-/m1/s1. The van der Waals surface area contributed by atoms with Crippen LogP contribution < -0.4 is 37.2 Å². The molecular formula is C49H67N11O9. The Morgan fingerprint density at radius 2 is 1.48 bits per heavy atom. The Morgan fingerprint density at radius 1 is 0.812 bits per heavy atom. The van der Waals surface area contributed by atoms with Gasteiger partial charge in [0.2, 0.25) is 29.5 Å². The Labute approximate surface area is 402 Å². The van der Waals surface area contributed by atoms with E-state index >= 15 is 0 Å². The topological polar surface area (TPSA) is 273 Å². The zero-order valence-electron chi connectivity index (χ0n) is 40.2. The van der Waals surface area contributed by atoms with Gasteiger partial charge in [-0.2, -0.15) is 0 Å². The van der Waals surface area contributed by atoms with Gasteiger partial charge in [-0.05, 0) is 48.3 Å². The molecule has 69 heavy (non-hydrogen) atoms. The number of carbonyl (C=O) groups is 8. The second kappa shape index (κ2) is 24.9. The summed E-state index contributed by atoms with van der Waals surface area (Å²) in [5, 5.41) is 30.6. The van der Waals surface area contributed by atoms with Crippen LogP contribution >= 0.6 is 0 Å². The zero-order chi connectivity index (χ0) is 50.3. The first-order valence-electron chi connectivity index (χ1n) is 23.5. The molecule has 7 atom stereocenters. The van der Waals surface area contributed by atoms with Crippen molar-refractivity contribution in [3.8, 4) is 0 Å². The number of aliphatic hydroxyl groups is 1. The van der Waals surface area contributed by atoms with Gasteiger partial charge in [0, 0.05) is 45.3 Å². The monoisotopic (exact) mass is 954 g/mol. The van der Waals surface area contributed by atoms with Crippen molar-refractivity contribution in [1.29, 1.82) is 0 Å². The number of anilines is 1. The van der Waals surface area contributed by atoms with Crippen LogP contribution in [0.5, 0.6) is 0 Å². The number of hydrogen-bond donors (Lipinski definition) is 8. The predicted octanol–water partition coefficient (Wildman–Crippen LogP) is 2.04. The Hall–Kier alpha value is -6.96. The first-order chi connectivity index (χ1) is 32.9. The molecule has 20 heteroatoms. The molecular weight excluding hydrogens is 887 g/mol. The number of urea groups is 1. The van der Waals surface area contributed by atoms with Crippen molar-refractivity contribution in [2.45, 2.75) is 109 Å². The fourth-order valence-corrected chi connectivity index (χ4v) is 8.54. The lowest BCUT2D eigenvalue weighted by Gasteiger charge is -2.35. The number of nitrogens with zero attached hydrogens (tertiary/aromatic N) is 4. The lowest BCUT2D eigenvalue weighted by Crippen LogP contribution is -2.61. The fraction of sp³-hybridized carbons (Fsp3) is 0.510. The minimum Gasteiger partial charge on any atom is -0.381 e. The van der Waals surface area contributed by atoms with E-state index in [0.29, 0.717) is 30.5 Å². The van der Waals surface area contributed by atoms with Gasteiger partial charge in [-0.25, -0.2) is 9.78 Å². The van der Waals surface area contributed by atoms with E-state index in [9.17, 15) is 43.5 Å². The third kappa shape index (κ3) is 15.0. The third-order valence-electron chi connectivity index (χ3n) is 12.3. The van der Waals surface area contributed by atoms with Gasteiger partial charge in [0.25, 0.3) is 11.8 Å². The summed E-state index contributed by atoms with van der Waals surface area (Å²) in [6.45, 7) is 6.20. The number of benzene rings is 2. The number of nitrogens with one attached hydrogen (secondary N) is 7. The molecule has 1 aromatic heterocycles. The van der Waals surface area contributed by atoms with Gasteiger partial charge in [0.1, 0.15) is 23.8 Å². The number of hydrogen-bond acceptors (Lipinski definition) is 11. The van der Waals surface area contributed by atoms with Crippen molar-refractivity contribution in [3.05, 3.63) is 90.5 Å². The minimum atomic E-state index is -1.83. The summed E-state index contributed by atoms with van der Waals surface area (Å²) in [5.74, 6) is -5.83. The van der Waals surface area contributed by atoms with Crippen LogP contribution in [0.2, 0.25) is 0 Å². The molecule has 0 bridgehead atoms. The summed E-state index contributed by atoms with van der Waals surface area (Å²) in [6, 6.07) is 11.3. The lowest BCUT2D eigenvalue weighted by molar-refractivity contribution is -0.136. The molecule has 2 aromatic carbocycles. The zero-order valence-corrected chi connectivity index (χ0v) is 40.2. The number of likely N-dealkylation sites (tertiary alicyclic amines) is 1. The van der Waals surface area contributed by atoms with Crippen molar-refractivity contribution < 1.29 is 43.5 Å². The smallest absolute Gasteiger partial charge is 0.321 e. The summed E-state index contributed by atoms with van der Waals surface area (Å²) in [7, 11) is 3.10. The van der Waals surface area contributed by atoms with Crippen LogP contribution in [-0.2, 0) is 28.8 Å². The number of amides is 9. The van der Waals surface area contributed by atoms with Crippen LogP contribution in [0.4, 0.5) is 10.5 Å². The summed E-state index contributed by atoms with van der Waals surface area (Å²) in [5.41, 5.74) is 0.168. The van der Waals surface area contributed by atoms with Crippen molar-refractivity contribution >= 4 is 53.1 Å². The van der Waals surface area contributed by atoms with Crippen LogP contribution in [0.1, 0.15) is 94.7 Å². The molecule has 1 aliphatic carbocycles. The van der Waals surface area contributed by atoms with E-state index in [1.165, 1.54) is 28.4 Å².